The fraction of sp³-hybridized carbons (Fsp3) is 0.441. The second-order valence-corrected chi connectivity index (χ2v) is 13.0. The molecule has 0 spiro atoms. The summed E-state index contributed by atoms with van der Waals surface area (Å²) in [4.78, 5) is 77.1. The summed E-state index contributed by atoms with van der Waals surface area (Å²) in [6.07, 6.45) is 0.329. The number of aromatic amines is 1. The third-order valence-electron chi connectivity index (χ3n) is 7.97. The fourth-order valence-electron chi connectivity index (χ4n) is 5.00. The second kappa shape index (κ2) is 19.0. The molecule has 1 heterocycles. The smallest absolute Gasteiger partial charge is 0.335 e. The van der Waals surface area contributed by atoms with E-state index in [9.17, 15) is 39.0 Å². The molecule has 1 aromatic heterocycles. The lowest BCUT2D eigenvalue weighted by atomic mass is 9.93. The highest BCUT2D eigenvalue weighted by Gasteiger charge is 2.38. The average Bonchev–Trinajstić information content (AvgIpc) is 3.66. The molecule has 18 heteroatoms. The predicted octanol–water partition coefficient (Wildman–Crippen LogP) is -0.254. The Morgan fingerprint density at radius 2 is 1.62 bits per heavy atom. The number of carbonyl (C=O) groups is 6. The lowest BCUT2D eigenvalue weighted by molar-refractivity contribution is -0.137. The standard InChI is InChI=1S/C34H46N10O8/c1-19(2)15-25(39-30(47)26(20(3)4)40-28(45)24(35)17-36-31(48)27-41-43-44-42-27)29(46)37-18-34(52,14-13-21-9-6-5-7-10-21)33(51)38-23-12-8-11-22(16-23)32(49)50/h5-12,16,19-20,24-26,52H,13-15,17-18,35H2,1-4H3,(H,36,48)(H,37,46)(H,38,51)(H,39,47)(H,40,45)(H,49,50)(H,41,42,43,44)/t24-,25+,26+,34?/m1/s1. The van der Waals surface area contributed by atoms with Crippen LogP contribution in [0.25, 0.3) is 0 Å². The molecule has 0 saturated carbocycles. The van der Waals surface area contributed by atoms with E-state index in [0.717, 1.165) is 5.56 Å². The molecule has 3 aromatic rings. The van der Waals surface area contributed by atoms with Gasteiger partial charge in [0.25, 0.3) is 17.6 Å². The molecule has 2 aromatic carbocycles. The van der Waals surface area contributed by atoms with Gasteiger partial charge in [-0.3, -0.25) is 24.0 Å². The molecule has 0 fully saturated rings. The van der Waals surface area contributed by atoms with Gasteiger partial charge in [0, 0.05) is 12.2 Å². The van der Waals surface area contributed by atoms with Crippen LogP contribution in [-0.4, -0.2) is 103 Å². The number of rotatable bonds is 19. The van der Waals surface area contributed by atoms with Crippen LogP contribution in [0.2, 0.25) is 0 Å². The first-order valence-corrected chi connectivity index (χ1v) is 16.7. The van der Waals surface area contributed by atoms with Crippen molar-refractivity contribution in [3.63, 3.8) is 0 Å². The molecule has 5 amide bonds. The Balaban J connectivity index is 1.71. The highest BCUT2D eigenvalue weighted by molar-refractivity contribution is 5.99. The van der Waals surface area contributed by atoms with Gasteiger partial charge >= 0.3 is 5.97 Å². The number of hydrogen-bond donors (Lipinski definition) is 9. The zero-order valence-corrected chi connectivity index (χ0v) is 29.4. The number of carboxylic acids is 1. The van der Waals surface area contributed by atoms with Gasteiger partial charge in [0.1, 0.15) is 18.1 Å². The van der Waals surface area contributed by atoms with Crippen molar-refractivity contribution >= 4 is 41.2 Å². The molecular weight excluding hydrogens is 676 g/mol. The maximum atomic E-state index is 13.6. The number of carboxylic acid groups (broad SMARTS) is 1. The Hall–Kier alpha value is -5.75. The molecule has 18 nitrogen and oxygen atoms in total. The van der Waals surface area contributed by atoms with Crippen LogP contribution in [0.5, 0.6) is 0 Å². The number of aromatic nitrogens is 4. The van der Waals surface area contributed by atoms with E-state index in [4.69, 9.17) is 5.73 Å². The first-order chi connectivity index (χ1) is 24.6. The number of carbonyl (C=O) groups excluding carboxylic acids is 5. The summed E-state index contributed by atoms with van der Waals surface area (Å²) in [5, 5.41) is 46.4. The molecule has 0 bridgehead atoms. The molecule has 0 aliphatic carbocycles. The number of tetrazole rings is 1. The summed E-state index contributed by atoms with van der Waals surface area (Å²) >= 11 is 0. The monoisotopic (exact) mass is 722 g/mol. The van der Waals surface area contributed by atoms with Crippen molar-refractivity contribution in [3.05, 3.63) is 71.5 Å². The van der Waals surface area contributed by atoms with E-state index in [0.29, 0.717) is 0 Å². The number of hydrogen-bond acceptors (Lipinski definition) is 11. The van der Waals surface area contributed by atoms with Gasteiger partial charge in [-0.1, -0.05) is 64.1 Å². The Morgan fingerprint density at radius 1 is 0.904 bits per heavy atom. The number of benzene rings is 2. The van der Waals surface area contributed by atoms with Crippen molar-refractivity contribution < 1.29 is 39.0 Å². The van der Waals surface area contributed by atoms with Crippen LogP contribution in [0, 0.1) is 11.8 Å². The van der Waals surface area contributed by atoms with Crippen molar-refractivity contribution in [2.45, 2.75) is 70.7 Å². The third kappa shape index (κ3) is 12.2. The van der Waals surface area contributed by atoms with E-state index < -0.39 is 71.7 Å². The lowest BCUT2D eigenvalue weighted by Gasteiger charge is -2.30. The van der Waals surface area contributed by atoms with Crippen LogP contribution in [0.3, 0.4) is 0 Å². The SMILES string of the molecule is CC(C)C[C@H](NC(=O)[C@@H](NC(=O)[C@H](N)CNC(=O)c1nn[nH]n1)C(C)C)C(=O)NCC(O)(CCc1ccccc1)C(=O)Nc1cccc(C(=O)O)c1. The van der Waals surface area contributed by atoms with Crippen molar-refractivity contribution in [2.75, 3.05) is 18.4 Å². The van der Waals surface area contributed by atoms with E-state index in [1.54, 1.807) is 13.8 Å². The maximum Gasteiger partial charge on any atom is 0.335 e. The van der Waals surface area contributed by atoms with E-state index in [-0.39, 0.29) is 48.8 Å². The van der Waals surface area contributed by atoms with E-state index in [1.165, 1.54) is 24.3 Å². The van der Waals surface area contributed by atoms with Gasteiger partial charge in [0.2, 0.25) is 17.7 Å². The predicted molar refractivity (Wildman–Crippen MR) is 187 cm³/mol. The average molecular weight is 723 g/mol. The molecule has 10 N–H and O–H groups in total. The minimum absolute atomic E-state index is 0.0728. The summed E-state index contributed by atoms with van der Waals surface area (Å²) in [5.41, 5.74) is 4.69. The van der Waals surface area contributed by atoms with E-state index in [2.05, 4.69) is 47.2 Å². The van der Waals surface area contributed by atoms with Gasteiger partial charge in [0.15, 0.2) is 5.60 Å². The van der Waals surface area contributed by atoms with E-state index in [1.807, 2.05) is 44.2 Å². The van der Waals surface area contributed by atoms with Gasteiger partial charge in [0.05, 0.1) is 12.1 Å². The van der Waals surface area contributed by atoms with Crippen molar-refractivity contribution in [2.24, 2.45) is 17.6 Å². The first kappa shape index (κ1) is 40.7. The summed E-state index contributed by atoms with van der Waals surface area (Å²) in [5.74, 6) is -5.66. The van der Waals surface area contributed by atoms with Crippen molar-refractivity contribution in [3.8, 4) is 0 Å². The Kier molecular flexibility index (Phi) is 14.9. The number of amides is 5. The number of anilines is 1. The third-order valence-corrected chi connectivity index (χ3v) is 7.97. The molecule has 0 aliphatic heterocycles. The second-order valence-electron chi connectivity index (χ2n) is 13.0. The molecule has 52 heavy (non-hydrogen) atoms. The number of aliphatic hydroxyl groups is 1. The molecule has 0 radical (unpaired) electrons. The molecule has 0 saturated heterocycles. The topological polar surface area (TPSA) is 284 Å². The molecule has 4 atom stereocenters. The van der Waals surface area contributed by atoms with Gasteiger partial charge in [-0.2, -0.15) is 5.21 Å². The minimum Gasteiger partial charge on any atom is -0.478 e. The Bertz CT molecular complexity index is 1690. The quantitative estimate of drug-likeness (QED) is 0.0774. The van der Waals surface area contributed by atoms with Crippen molar-refractivity contribution in [1.29, 1.82) is 0 Å². The van der Waals surface area contributed by atoms with Crippen LogP contribution in [-0.2, 0) is 25.6 Å². The maximum absolute atomic E-state index is 13.6. The normalized spacial score (nSPS) is 14.0. The van der Waals surface area contributed by atoms with E-state index >= 15 is 0 Å². The number of nitrogens with one attached hydrogen (secondary N) is 6. The zero-order valence-electron chi connectivity index (χ0n) is 29.4. The zero-order chi connectivity index (χ0) is 38.4. The van der Waals surface area contributed by atoms with Crippen LogP contribution in [0.1, 0.15) is 67.1 Å². The van der Waals surface area contributed by atoms with Gasteiger partial charge in [-0.15, -0.1) is 10.2 Å². The molecular formula is C34H46N10O8. The number of nitrogens with zero attached hydrogens (tertiary/aromatic N) is 3. The lowest BCUT2D eigenvalue weighted by Crippen LogP contribution is -2.59. The minimum atomic E-state index is -2.15. The van der Waals surface area contributed by atoms with Crippen LogP contribution in [0.15, 0.2) is 54.6 Å². The fourth-order valence-corrected chi connectivity index (χ4v) is 5.00. The van der Waals surface area contributed by atoms with Gasteiger partial charge in [-0.25, -0.2) is 4.79 Å². The van der Waals surface area contributed by atoms with Crippen molar-refractivity contribution in [1.82, 2.24) is 41.9 Å². The van der Waals surface area contributed by atoms with Gasteiger partial charge < -0.3 is 42.5 Å². The molecule has 280 valence electrons. The number of H-pyrrole nitrogens is 1. The molecule has 3 rings (SSSR count). The van der Waals surface area contributed by atoms with Crippen LogP contribution < -0.4 is 32.3 Å². The summed E-state index contributed by atoms with van der Waals surface area (Å²) in [6, 6.07) is 11.1. The Morgan fingerprint density at radius 3 is 2.23 bits per heavy atom. The summed E-state index contributed by atoms with van der Waals surface area (Å²) < 4.78 is 0. The molecule has 0 aliphatic rings. The molecule has 1 unspecified atom stereocenters. The van der Waals surface area contributed by atoms with Gasteiger partial charge in [-0.05, 0) is 60.1 Å². The number of nitrogens with two attached hydrogens (primary N) is 1. The summed E-state index contributed by atoms with van der Waals surface area (Å²) in [6.45, 7) is 6.21. The van der Waals surface area contributed by atoms with Crippen LogP contribution >= 0.6 is 0 Å². The highest BCUT2D eigenvalue weighted by atomic mass is 16.4. The highest BCUT2D eigenvalue weighted by Crippen LogP contribution is 2.19. The number of aromatic carboxylic acids is 1. The largest absolute Gasteiger partial charge is 0.478 e. The summed E-state index contributed by atoms with van der Waals surface area (Å²) in [7, 11) is 0. The number of aryl methyl sites for hydroxylation is 1. The van der Waals surface area contributed by atoms with Crippen LogP contribution in [0.4, 0.5) is 5.69 Å². The Labute approximate surface area is 300 Å². The first-order valence-electron chi connectivity index (χ1n) is 16.7.